The Morgan fingerprint density at radius 2 is 2.06 bits per heavy atom. The van der Waals surface area contributed by atoms with Crippen LogP contribution in [-0.2, 0) is 4.74 Å². The van der Waals surface area contributed by atoms with Crippen LogP contribution in [0.3, 0.4) is 0 Å². The lowest BCUT2D eigenvalue weighted by Crippen LogP contribution is -2.10. The predicted octanol–water partition coefficient (Wildman–Crippen LogP) is 3.00. The van der Waals surface area contributed by atoms with Crippen molar-refractivity contribution in [1.82, 2.24) is 0 Å². The molecule has 4 nitrogen and oxygen atoms in total. The Kier molecular flexibility index (Phi) is 3.01. The van der Waals surface area contributed by atoms with Gasteiger partial charge >= 0.3 is 0 Å². The molecule has 0 N–H and O–H groups in total. The molecule has 1 aromatic carbocycles. The molecule has 2 rings (SSSR count). The zero-order chi connectivity index (χ0) is 11.5. The summed E-state index contributed by atoms with van der Waals surface area (Å²) in [5.74, 6) is 0. The average molecular weight is 219 g/mol. The molecule has 0 saturated carbocycles. The van der Waals surface area contributed by atoms with E-state index in [0.717, 1.165) is 12.0 Å². The van der Waals surface area contributed by atoms with Gasteiger partial charge in [0.15, 0.2) is 0 Å². The number of rotatable bonds is 2. The molecule has 0 radical (unpaired) electrons. The highest BCUT2D eigenvalue weighted by Gasteiger charge is 2.16. The van der Waals surface area contributed by atoms with Gasteiger partial charge in [-0.1, -0.05) is 11.6 Å². The first-order valence-electron chi connectivity index (χ1n) is 5.18. The standard InChI is InChI=1S/C12H13NO3/c1-9-6-7-16-12(8-9)10-2-4-11(5-3-10)13(14)15/h2-6,12H,7-8H2,1H3. The number of non-ortho nitro benzene ring substituents is 1. The second kappa shape index (κ2) is 4.45. The van der Waals surface area contributed by atoms with E-state index >= 15 is 0 Å². The van der Waals surface area contributed by atoms with Crippen LogP contribution < -0.4 is 0 Å². The molecule has 1 aliphatic rings. The lowest BCUT2D eigenvalue weighted by molar-refractivity contribution is -0.384. The topological polar surface area (TPSA) is 52.4 Å². The summed E-state index contributed by atoms with van der Waals surface area (Å²) in [7, 11) is 0. The zero-order valence-electron chi connectivity index (χ0n) is 9.05. The highest BCUT2D eigenvalue weighted by molar-refractivity contribution is 5.34. The quantitative estimate of drug-likeness (QED) is 0.436. The summed E-state index contributed by atoms with van der Waals surface area (Å²) in [6.07, 6.45) is 2.95. The van der Waals surface area contributed by atoms with Gasteiger partial charge in [-0.25, -0.2) is 0 Å². The van der Waals surface area contributed by atoms with Crippen molar-refractivity contribution < 1.29 is 9.66 Å². The van der Waals surface area contributed by atoms with E-state index in [1.807, 2.05) is 0 Å². The van der Waals surface area contributed by atoms with Gasteiger partial charge in [0.05, 0.1) is 17.6 Å². The van der Waals surface area contributed by atoms with Gasteiger partial charge in [0.1, 0.15) is 0 Å². The second-order valence-electron chi connectivity index (χ2n) is 3.93. The molecule has 1 aromatic rings. The van der Waals surface area contributed by atoms with Crippen LogP contribution >= 0.6 is 0 Å². The van der Waals surface area contributed by atoms with Crippen LogP contribution in [0.25, 0.3) is 0 Å². The van der Waals surface area contributed by atoms with Crippen molar-refractivity contribution >= 4 is 5.69 Å². The van der Waals surface area contributed by atoms with E-state index in [4.69, 9.17) is 4.74 Å². The van der Waals surface area contributed by atoms with Gasteiger partial charge in [-0.15, -0.1) is 0 Å². The lowest BCUT2D eigenvalue weighted by Gasteiger charge is -2.22. The van der Waals surface area contributed by atoms with Crippen LogP contribution in [-0.4, -0.2) is 11.5 Å². The van der Waals surface area contributed by atoms with Gasteiger partial charge in [-0.3, -0.25) is 10.1 Å². The summed E-state index contributed by atoms with van der Waals surface area (Å²) < 4.78 is 5.59. The van der Waals surface area contributed by atoms with Crippen molar-refractivity contribution in [2.75, 3.05) is 6.61 Å². The smallest absolute Gasteiger partial charge is 0.269 e. The van der Waals surface area contributed by atoms with Crippen molar-refractivity contribution in [2.24, 2.45) is 0 Å². The first kappa shape index (κ1) is 10.8. The Labute approximate surface area is 93.7 Å². The Balaban J connectivity index is 2.16. The van der Waals surface area contributed by atoms with Crippen LogP contribution in [0.15, 0.2) is 35.9 Å². The van der Waals surface area contributed by atoms with Gasteiger partial charge in [-0.05, 0) is 31.0 Å². The molecule has 0 aliphatic carbocycles. The third-order valence-electron chi connectivity index (χ3n) is 2.71. The normalized spacial score (nSPS) is 20.3. The molecule has 4 heteroatoms. The number of hydrogen-bond acceptors (Lipinski definition) is 3. The maximum absolute atomic E-state index is 10.5. The number of nitro groups is 1. The summed E-state index contributed by atoms with van der Waals surface area (Å²) >= 11 is 0. The van der Waals surface area contributed by atoms with Crippen LogP contribution in [0.5, 0.6) is 0 Å². The van der Waals surface area contributed by atoms with Crippen LogP contribution in [0.1, 0.15) is 25.0 Å². The maximum atomic E-state index is 10.5. The number of ether oxygens (including phenoxy) is 1. The Morgan fingerprint density at radius 3 is 2.62 bits per heavy atom. The van der Waals surface area contributed by atoms with Crippen LogP contribution in [0, 0.1) is 10.1 Å². The molecule has 0 spiro atoms. The summed E-state index contributed by atoms with van der Waals surface area (Å²) in [5, 5.41) is 10.5. The molecule has 0 fully saturated rings. The molecule has 84 valence electrons. The van der Waals surface area contributed by atoms with Crippen LogP contribution in [0.2, 0.25) is 0 Å². The average Bonchev–Trinajstić information content (AvgIpc) is 2.29. The molecule has 0 bridgehead atoms. The van der Waals surface area contributed by atoms with Crippen molar-refractivity contribution in [2.45, 2.75) is 19.4 Å². The van der Waals surface area contributed by atoms with E-state index in [9.17, 15) is 10.1 Å². The van der Waals surface area contributed by atoms with E-state index in [1.165, 1.54) is 17.7 Å². The van der Waals surface area contributed by atoms with Gasteiger partial charge in [-0.2, -0.15) is 0 Å². The fourth-order valence-corrected chi connectivity index (χ4v) is 1.77. The molecule has 0 saturated heterocycles. The number of hydrogen-bond donors (Lipinski definition) is 0. The SMILES string of the molecule is CC1=CCOC(c2ccc([N+](=O)[O-])cc2)C1. The van der Waals surface area contributed by atoms with Gasteiger partial charge in [0, 0.05) is 12.1 Å². The van der Waals surface area contributed by atoms with E-state index in [2.05, 4.69) is 13.0 Å². The minimum atomic E-state index is -0.392. The predicted molar refractivity (Wildman–Crippen MR) is 60.2 cm³/mol. The van der Waals surface area contributed by atoms with Crippen molar-refractivity contribution in [3.63, 3.8) is 0 Å². The largest absolute Gasteiger partial charge is 0.369 e. The summed E-state index contributed by atoms with van der Waals surface area (Å²) in [6.45, 7) is 2.69. The minimum Gasteiger partial charge on any atom is -0.369 e. The van der Waals surface area contributed by atoms with Crippen molar-refractivity contribution in [3.8, 4) is 0 Å². The monoisotopic (exact) mass is 219 g/mol. The zero-order valence-corrected chi connectivity index (χ0v) is 9.05. The summed E-state index contributed by atoms with van der Waals surface area (Å²) in [6, 6.07) is 6.57. The molecular weight excluding hydrogens is 206 g/mol. The fraction of sp³-hybridized carbons (Fsp3) is 0.333. The molecule has 0 amide bonds. The van der Waals surface area contributed by atoms with E-state index in [-0.39, 0.29) is 11.8 Å². The Morgan fingerprint density at radius 1 is 1.38 bits per heavy atom. The number of benzene rings is 1. The van der Waals surface area contributed by atoms with E-state index < -0.39 is 4.92 Å². The number of nitrogens with zero attached hydrogens (tertiary/aromatic N) is 1. The summed E-state index contributed by atoms with van der Waals surface area (Å²) in [4.78, 5) is 10.1. The third kappa shape index (κ3) is 2.28. The second-order valence-corrected chi connectivity index (χ2v) is 3.93. The lowest BCUT2D eigenvalue weighted by atomic mass is 10.00. The van der Waals surface area contributed by atoms with Crippen LogP contribution in [0.4, 0.5) is 5.69 Å². The van der Waals surface area contributed by atoms with Gasteiger partial charge < -0.3 is 4.74 Å². The van der Waals surface area contributed by atoms with Gasteiger partial charge in [0.2, 0.25) is 0 Å². The first-order valence-corrected chi connectivity index (χ1v) is 5.18. The molecule has 0 aromatic heterocycles. The minimum absolute atomic E-state index is 0.0332. The maximum Gasteiger partial charge on any atom is 0.269 e. The molecule has 1 unspecified atom stereocenters. The summed E-state index contributed by atoms with van der Waals surface area (Å²) in [5.41, 5.74) is 2.42. The molecule has 1 atom stereocenters. The van der Waals surface area contributed by atoms with Crippen molar-refractivity contribution in [1.29, 1.82) is 0 Å². The van der Waals surface area contributed by atoms with E-state index in [0.29, 0.717) is 6.61 Å². The fourth-order valence-electron chi connectivity index (χ4n) is 1.77. The molecule has 1 aliphatic heterocycles. The molecule has 16 heavy (non-hydrogen) atoms. The van der Waals surface area contributed by atoms with E-state index in [1.54, 1.807) is 12.1 Å². The first-order chi connectivity index (χ1) is 7.66. The molecule has 1 heterocycles. The Hall–Kier alpha value is -1.68. The van der Waals surface area contributed by atoms with Gasteiger partial charge in [0.25, 0.3) is 5.69 Å². The third-order valence-corrected chi connectivity index (χ3v) is 2.71. The highest BCUT2D eigenvalue weighted by Crippen LogP contribution is 2.29. The number of nitro benzene ring substituents is 1. The van der Waals surface area contributed by atoms with Crippen molar-refractivity contribution in [3.05, 3.63) is 51.6 Å². The molecular formula is C12H13NO3. The Bertz CT molecular complexity index is 422. The highest BCUT2D eigenvalue weighted by atomic mass is 16.6.